The minimum Gasteiger partial charge on any atom is -0.393 e. The van der Waals surface area contributed by atoms with Gasteiger partial charge in [-0.2, -0.15) is 8.42 Å². The maximum Gasteiger partial charge on any atom is 0.333 e. The van der Waals surface area contributed by atoms with Crippen LogP contribution in [-0.4, -0.2) is 54.6 Å². The fourth-order valence-electron chi connectivity index (χ4n) is 5.15. The largest absolute Gasteiger partial charge is 0.393 e. The van der Waals surface area contributed by atoms with E-state index in [9.17, 15) is 18.3 Å². The molecule has 1 aliphatic heterocycles. The quantitative estimate of drug-likeness (QED) is 0.345. The molecule has 3 heterocycles. The van der Waals surface area contributed by atoms with Gasteiger partial charge in [0.25, 0.3) is 0 Å². The SMILES string of the molecule is NS(=O)(=O)OC[C@H]1C[C@@H](Nc2ncncc2C(=O)c2cc([C@@]3(c4ccccc4)CCCO3)cs2)C[C@@H]1O. The molecule has 0 amide bonds. The molecular formula is C25H28N4O6S2. The van der Waals surface area contributed by atoms with Crippen LogP contribution in [0.1, 0.15) is 52.0 Å². The van der Waals surface area contributed by atoms with Crippen molar-refractivity contribution in [3.63, 3.8) is 0 Å². The number of hydrogen-bond acceptors (Lipinski definition) is 10. The number of nitrogens with zero attached hydrogens (tertiary/aromatic N) is 2. The molecule has 12 heteroatoms. The summed E-state index contributed by atoms with van der Waals surface area (Å²) in [6.45, 7) is 0.446. The number of nitrogens with two attached hydrogens (primary N) is 1. The highest BCUT2D eigenvalue weighted by Crippen LogP contribution is 2.44. The van der Waals surface area contributed by atoms with Gasteiger partial charge in [-0.15, -0.1) is 11.3 Å². The van der Waals surface area contributed by atoms with E-state index in [4.69, 9.17) is 9.88 Å². The molecule has 2 fully saturated rings. The number of aromatic nitrogens is 2. The molecule has 3 aromatic rings. The lowest BCUT2D eigenvalue weighted by Gasteiger charge is -2.28. The van der Waals surface area contributed by atoms with Gasteiger partial charge < -0.3 is 15.2 Å². The molecule has 2 aliphatic rings. The number of ether oxygens (including phenoxy) is 1. The standard InChI is InChI=1S/C25H28N4O6S2/c26-37(32,33)35-13-16-9-19(11-21(16)30)29-24-20(12-27-15-28-24)23(31)22-10-18(14-36-22)25(7-4-8-34-25)17-5-2-1-3-6-17/h1-3,5-6,10,12,14-16,19,21,30H,4,7-9,11,13H2,(H2,26,32,33)(H,27,28,29)/t16-,19-,21+,25+/m1/s1. The van der Waals surface area contributed by atoms with Gasteiger partial charge in [0.1, 0.15) is 17.7 Å². The lowest BCUT2D eigenvalue weighted by atomic mass is 9.85. The molecule has 1 saturated carbocycles. The Kier molecular flexibility index (Phi) is 7.39. The molecule has 0 unspecified atom stereocenters. The fourth-order valence-corrected chi connectivity index (χ4v) is 6.44. The number of benzene rings is 1. The molecule has 37 heavy (non-hydrogen) atoms. The van der Waals surface area contributed by atoms with Crippen LogP contribution in [0.3, 0.4) is 0 Å². The zero-order valence-electron chi connectivity index (χ0n) is 19.9. The van der Waals surface area contributed by atoms with E-state index in [0.29, 0.717) is 35.7 Å². The first-order chi connectivity index (χ1) is 17.7. The van der Waals surface area contributed by atoms with E-state index < -0.39 is 27.9 Å². The first kappa shape index (κ1) is 25.9. The summed E-state index contributed by atoms with van der Waals surface area (Å²) in [4.78, 5) is 22.4. The van der Waals surface area contributed by atoms with E-state index in [2.05, 4.69) is 31.6 Å². The third kappa shape index (κ3) is 5.59. The third-order valence-electron chi connectivity index (χ3n) is 6.95. The van der Waals surface area contributed by atoms with Crippen molar-refractivity contribution in [2.75, 3.05) is 18.5 Å². The maximum atomic E-state index is 13.6. The summed E-state index contributed by atoms with van der Waals surface area (Å²) < 4.78 is 33.1. The zero-order chi connectivity index (χ0) is 26.0. The highest BCUT2D eigenvalue weighted by atomic mass is 32.2. The van der Waals surface area contributed by atoms with Crippen LogP contribution in [0.5, 0.6) is 0 Å². The van der Waals surface area contributed by atoms with Gasteiger partial charge >= 0.3 is 10.3 Å². The fraction of sp³-hybridized carbons (Fsp3) is 0.400. The lowest BCUT2D eigenvalue weighted by Crippen LogP contribution is -2.25. The Balaban J connectivity index is 1.34. The van der Waals surface area contributed by atoms with Crippen LogP contribution in [0.25, 0.3) is 0 Å². The van der Waals surface area contributed by atoms with Gasteiger partial charge in [-0.1, -0.05) is 30.3 Å². The van der Waals surface area contributed by atoms with Gasteiger partial charge in [0, 0.05) is 24.8 Å². The molecule has 4 atom stereocenters. The van der Waals surface area contributed by atoms with Crippen molar-refractivity contribution in [3.05, 3.63) is 75.9 Å². The minimum absolute atomic E-state index is 0.211. The van der Waals surface area contributed by atoms with Crippen LogP contribution < -0.4 is 10.5 Å². The van der Waals surface area contributed by atoms with E-state index in [0.717, 1.165) is 24.0 Å². The molecule has 0 bridgehead atoms. The van der Waals surface area contributed by atoms with E-state index in [1.165, 1.54) is 23.9 Å². The molecular weight excluding hydrogens is 516 g/mol. The number of aliphatic hydroxyl groups is 1. The summed E-state index contributed by atoms with van der Waals surface area (Å²) in [7, 11) is -4.09. The molecule has 4 N–H and O–H groups in total. The monoisotopic (exact) mass is 544 g/mol. The summed E-state index contributed by atoms with van der Waals surface area (Å²) >= 11 is 1.36. The van der Waals surface area contributed by atoms with Gasteiger partial charge in [0.05, 0.1) is 23.2 Å². The average Bonchev–Trinajstić information content (AvgIpc) is 3.63. The Morgan fingerprint density at radius 2 is 2.08 bits per heavy atom. The Bertz CT molecular complexity index is 1360. The Hall–Kier alpha value is -2.74. The Morgan fingerprint density at radius 3 is 2.81 bits per heavy atom. The van der Waals surface area contributed by atoms with Crippen LogP contribution in [0.4, 0.5) is 5.82 Å². The topological polar surface area (TPSA) is 154 Å². The van der Waals surface area contributed by atoms with Gasteiger partial charge in [-0.25, -0.2) is 15.1 Å². The van der Waals surface area contributed by atoms with Crippen molar-refractivity contribution in [2.24, 2.45) is 11.1 Å². The minimum atomic E-state index is -4.09. The maximum absolute atomic E-state index is 13.6. The van der Waals surface area contributed by atoms with Crippen molar-refractivity contribution in [1.29, 1.82) is 0 Å². The molecule has 1 aromatic carbocycles. The second-order valence-corrected chi connectivity index (χ2v) is 11.5. The number of anilines is 1. The summed E-state index contributed by atoms with van der Waals surface area (Å²) in [5.74, 6) is -0.277. The van der Waals surface area contributed by atoms with Crippen molar-refractivity contribution >= 4 is 33.2 Å². The Labute approximate surface area is 219 Å². The van der Waals surface area contributed by atoms with Gasteiger partial charge in [0.15, 0.2) is 0 Å². The molecule has 196 valence electrons. The second-order valence-electron chi connectivity index (χ2n) is 9.38. The second kappa shape index (κ2) is 10.6. The van der Waals surface area contributed by atoms with Crippen LogP contribution in [0, 0.1) is 5.92 Å². The molecule has 2 aromatic heterocycles. The molecule has 0 spiro atoms. The van der Waals surface area contributed by atoms with Crippen LogP contribution in [-0.2, 0) is 24.8 Å². The number of carbonyl (C=O) groups excluding carboxylic acids is 1. The first-order valence-electron chi connectivity index (χ1n) is 12.0. The molecule has 10 nitrogen and oxygen atoms in total. The van der Waals surface area contributed by atoms with E-state index >= 15 is 0 Å². The summed E-state index contributed by atoms with van der Waals surface area (Å²) in [6, 6.07) is 11.7. The molecule has 1 aliphatic carbocycles. The van der Waals surface area contributed by atoms with Gasteiger partial charge in [0.2, 0.25) is 5.78 Å². The number of aliphatic hydroxyl groups excluding tert-OH is 1. The number of nitrogens with one attached hydrogen (secondary N) is 1. The van der Waals surface area contributed by atoms with Gasteiger partial charge in [-0.05, 0) is 48.3 Å². The van der Waals surface area contributed by atoms with E-state index in [-0.39, 0.29) is 18.4 Å². The lowest BCUT2D eigenvalue weighted by molar-refractivity contribution is 0.0363. The number of thiophene rings is 1. The van der Waals surface area contributed by atoms with Crippen molar-refractivity contribution in [1.82, 2.24) is 9.97 Å². The van der Waals surface area contributed by atoms with Crippen LogP contribution >= 0.6 is 11.3 Å². The summed E-state index contributed by atoms with van der Waals surface area (Å²) in [5, 5.41) is 20.5. The third-order valence-corrected chi connectivity index (χ3v) is 8.35. The molecule has 1 saturated heterocycles. The smallest absolute Gasteiger partial charge is 0.333 e. The normalized spacial score (nSPS) is 25.8. The van der Waals surface area contributed by atoms with Crippen LogP contribution in [0.15, 0.2) is 54.3 Å². The predicted octanol–water partition coefficient (Wildman–Crippen LogP) is 2.59. The average molecular weight is 545 g/mol. The van der Waals surface area contributed by atoms with Crippen molar-refractivity contribution in [3.8, 4) is 0 Å². The summed E-state index contributed by atoms with van der Waals surface area (Å²) in [5.41, 5.74) is 1.76. The number of hydrogen-bond donors (Lipinski definition) is 3. The van der Waals surface area contributed by atoms with Gasteiger partial charge in [-0.3, -0.25) is 8.98 Å². The van der Waals surface area contributed by atoms with E-state index in [1.54, 1.807) is 0 Å². The molecule has 0 radical (unpaired) electrons. The van der Waals surface area contributed by atoms with Crippen molar-refractivity contribution < 1.29 is 27.2 Å². The number of rotatable bonds is 9. The van der Waals surface area contributed by atoms with Crippen molar-refractivity contribution in [2.45, 2.75) is 43.4 Å². The number of ketones is 1. The highest BCUT2D eigenvalue weighted by molar-refractivity contribution is 7.84. The first-order valence-corrected chi connectivity index (χ1v) is 14.4. The summed E-state index contributed by atoms with van der Waals surface area (Å²) in [6.07, 6.45) is 4.59. The van der Waals surface area contributed by atoms with Crippen LogP contribution in [0.2, 0.25) is 0 Å². The number of carbonyl (C=O) groups is 1. The Morgan fingerprint density at radius 1 is 1.27 bits per heavy atom. The predicted molar refractivity (Wildman–Crippen MR) is 137 cm³/mol. The van der Waals surface area contributed by atoms with E-state index in [1.807, 2.05) is 29.6 Å². The zero-order valence-corrected chi connectivity index (χ0v) is 21.6. The molecule has 5 rings (SSSR count). The highest BCUT2D eigenvalue weighted by Gasteiger charge is 2.40.